The monoisotopic (exact) mass is 450 g/mol. The molecule has 1 aliphatic heterocycles. The minimum atomic E-state index is -0.912. The number of amides is 1. The Balaban J connectivity index is 1.78. The van der Waals surface area contributed by atoms with Gasteiger partial charge in [0.05, 0.1) is 5.69 Å². The second kappa shape index (κ2) is 9.08. The fourth-order valence-electron chi connectivity index (χ4n) is 5.14. The van der Waals surface area contributed by atoms with Crippen LogP contribution in [-0.2, 0) is 29.7 Å². The van der Waals surface area contributed by atoms with Gasteiger partial charge >= 0.3 is 0 Å². The van der Waals surface area contributed by atoms with E-state index in [9.17, 15) is 4.79 Å². The van der Waals surface area contributed by atoms with Crippen molar-refractivity contribution in [2.45, 2.75) is 58.2 Å². The van der Waals surface area contributed by atoms with Crippen molar-refractivity contribution in [3.05, 3.63) is 87.7 Å². The largest absolute Gasteiger partial charge is 0.368 e. The number of nitrogens with zero attached hydrogens (tertiary/aromatic N) is 3. The molecule has 2 unspecified atom stereocenters. The van der Waals surface area contributed by atoms with E-state index in [1.54, 1.807) is 0 Å². The van der Waals surface area contributed by atoms with E-state index in [0.29, 0.717) is 0 Å². The third-order valence-corrected chi connectivity index (χ3v) is 7.14. The zero-order chi connectivity index (χ0) is 22.9. The standard InChI is InChI=1S/C26H31ClN4O/c1-4-31-23-16-17-30(26(3,25(28)32)20-8-6-5-7-9-20)22(24(23)18(2)29-31)15-12-19-10-13-21(27)14-11-19/h5-11,13-14,22H,4,12,15-17H2,1-3H3,(H2,28,32). The molecule has 0 radical (unpaired) electrons. The maximum Gasteiger partial charge on any atom is 0.242 e. The highest BCUT2D eigenvalue weighted by Crippen LogP contribution is 2.43. The summed E-state index contributed by atoms with van der Waals surface area (Å²) >= 11 is 6.08. The zero-order valence-corrected chi connectivity index (χ0v) is 19.8. The quantitative estimate of drug-likeness (QED) is 0.562. The molecule has 2 atom stereocenters. The minimum absolute atomic E-state index is 0.0347. The Bertz CT molecular complexity index is 1090. The van der Waals surface area contributed by atoms with Gasteiger partial charge in [-0.3, -0.25) is 14.4 Å². The lowest BCUT2D eigenvalue weighted by atomic mass is 9.82. The number of aryl methyl sites for hydroxylation is 3. The van der Waals surface area contributed by atoms with Crippen molar-refractivity contribution >= 4 is 17.5 Å². The van der Waals surface area contributed by atoms with Crippen molar-refractivity contribution in [3.8, 4) is 0 Å². The van der Waals surface area contributed by atoms with Gasteiger partial charge in [0.2, 0.25) is 5.91 Å². The maximum absolute atomic E-state index is 13.0. The summed E-state index contributed by atoms with van der Waals surface area (Å²) in [5, 5.41) is 5.55. The number of carbonyl (C=O) groups is 1. The molecule has 2 heterocycles. The Hall–Kier alpha value is -2.63. The van der Waals surface area contributed by atoms with Crippen LogP contribution in [0.4, 0.5) is 0 Å². The van der Waals surface area contributed by atoms with Crippen LogP contribution in [0.3, 0.4) is 0 Å². The summed E-state index contributed by atoms with van der Waals surface area (Å²) in [5.41, 5.74) is 10.9. The molecule has 6 heteroatoms. The van der Waals surface area contributed by atoms with Gasteiger partial charge in [0.15, 0.2) is 0 Å². The van der Waals surface area contributed by atoms with E-state index in [1.165, 1.54) is 16.8 Å². The van der Waals surface area contributed by atoms with E-state index >= 15 is 0 Å². The molecule has 1 aromatic heterocycles. The molecule has 2 N–H and O–H groups in total. The van der Waals surface area contributed by atoms with E-state index in [-0.39, 0.29) is 11.9 Å². The first-order chi connectivity index (χ1) is 15.4. The average Bonchev–Trinajstić information content (AvgIpc) is 3.14. The first kappa shape index (κ1) is 22.6. The van der Waals surface area contributed by atoms with Crippen LogP contribution in [0, 0.1) is 6.92 Å². The lowest BCUT2D eigenvalue weighted by Crippen LogP contribution is -2.56. The van der Waals surface area contributed by atoms with Gasteiger partial charge < -0.3 is 5.73 Å². The second-order valence-electron chi connectivity index (χ2n) is 8.69. The summed E-state index contributed by atoms with van der Waals surface area (Å²) < 4.78 is 2.11. The highest BCUT2D eigenvalue weighted by atomic mass is 35.5. The van der Waals surface area contributed by atoms with Gasteiger partial charge in [-0.1, -0.05) is 54.1 Å². The Morgan fingerprint density at radius 2 is 1.88 bits per heavy atom. The Morgan fingerprint density at radius 3 is 2.50 bits per heavy atom. The fraction of sp³-hybridized carbons (Fsp3) is 0.385. The van der Waals surface area contributed by atoms with Gasteiger partial charge in [0.1, 0.15) is 5.54 Å². The van der Waals surface area contributed by atoms with E-state index in [0.717, 1.165) is 48.6 Å². The highest BCUT2D eigenvalue weighted by Gasteiger charge is 2.46. The van der Waals surface area contributed by atoms with Gasteiger partial charge in [-0.15, -0.1) is 0 Å². The van der Waals surface area contributed by atoms with Crippen molar-refractivity contribution in [3.63, 3.8) is 0 Å². The van der Waals surface area contributed by atoms with Gasteiger partial charge in [-0.05, 0) is 56.9 Å². The van der Waals surface area contributed by atoms with Crippen LogP contribution < -0.4 is 5.73 Å². The van der Waals surface area contributed by atoms with Gasteiger partial charge in [-0.25, -0.2) is 0 Å². The molecule has 2 aromatic carbocycles. The molecule has 1 aliphatic rings. The third kappa shape index (κ3) is 3.96. The maximum atomic E-state index is 13.0. The summed E-state index contributed by atoms with van der Waals surface area (Å²) in [7, 11) is 0. The average molecular weight is 451 g/mol. The summed E-state index contributed by atoms with van der Waals surface area (Å²) in [6, 6.07) is 17.9. The predicted octanol–water partition coefficient (Wildman–Crippen LogP) is 4.80. The second-order valence-corrected chi connectivity index (χ2v) is 9.12. The van der Waals surface area contributed by atoms with E-state index in [4.69, 9.17) is 22.4 Å². The van der Waals surface area contributed by atoms with Crippen molar-refractivity contribution in [2.75, 3.05) is 6.54 Å². The summed E-state index contributed by atoms with van der Waals surface area (Å²) in [6.07, 6.45) is 2.58. The van der Waals surface area contributed by atoms with Crippen LogP contribution in [0.1, 0.15) is 54.4 Å². The van der Waals surface area contributed by atoms with Crippen molar-refractivity contribution in [1.29, 1.82) is 0 Å². The molecular formula is C26H31ClN4O. The van der Waals surface area contributed by atoms with Crippen molar-refractivity contribution < 1.29 is 4.79 Å². The highest BCUT2D eigenvalue weighted by molar-refractivity contribution is 6.30. The summed E-state index contributed by atoms with van der Waals surface area (Å²) in [6.45, 7) is 7.75. The van der Waals surface area contributed by atoms with Gasteiger partial charge in [0, 0.05) is 41.8 Å². The van der Waals surface area contributed by atoms with Crippen LogP contribution in [0.15, 0.2) is 54.6 Å². The number of aromatic nitrogens is 2. The SMILES string of the molecule is CCn1nc(C)c2c1CCN(C(C)(C(N)=O)c1ccccc1)C2CCc1ccc(Cl)cc1. The minimum Gasteiger partial charge on any atom is -0.368 e. The number of rotatable bonds is 7. The van der Waals surface area contributed by atoms with Crippen molar-refractivity contribution in [2.24, 2.45) is 5.73 Å². The van der Waals surface area contributed by atoms with Crippen LogP contribution >= 0.6 is 11.6 Å². The molecular weight excluding hydrogens is 420 g/mol. The predicted molar refractivity (Wildman–Crippen MR) is 129 cm³/mol. The molecule has 0 saturated carbocycles. The Labute approximate surface area is 195 Å². The number of hydrogen-bond donors (Lipinski definition) is 1. The lowest BCUT2D eigenvalue weighted by molar-refractivity contribution is -0.132. The smallest absolute Gasteiger partial charge is 0.242 e. The number of carbonyl (C=O) groups excluding carboxylic acids is 1. The molecule has 0 aliphatic carbocycles. The van der Waals surface area contributed by atoms with E-state index in [2.05, 4.69) is 35.6 Å². The summed E-state index contributed by atoms with van der Waals surface area (Å²) in [5.74, 6) is -0.329. The number of fused-ring (bicyclic) bond motifs is 1. The van der Waals surface area contributed by atoms with Gasteiger partial charge in [-0.2, -0.15) is 5.10 Å². The molecule has 0 bridgehead atoms. The number of hydrogen-bond acceptors (Lipinski definition) is 3. The first-order valence-electron chi connectivity index (χ1n) is 11.3. The van der Waals surface area contributed by atoms with Crippen LogP contribution in [-0.4, -0.2) is 27.1 Å². The number of nitrogens with two attached hydrogens (primary N) is 1. The molecule has 4 rings (SSSR count). The van der Waals surface area contributed by atoms with Crippen molar-refractivity contribution in [1.82, 2.24) is 14.7 Å². The van der Waals surface area contributed by atoms with Crippen LogP contribution in [0.5, 0.6) is 0 Å². The topological polar surface area (TPSA) is 64.2 Å². The molecule has 0 fully saturated rings. The van der Waals surface area contributed by atoms with Crippen LogP contribution in [0.2, 0.25) is 5.02 Å². The third-order valence-electron chi connectivity index (χ3n) is 6.89. The number of primary amides is 1. The molecule has 3 aromatic rings. The number of halogens is 1. The fourth-order valence-corrected chi connectivity index (χ4v) is 5.27. The molecule has 0 spiro atoms. The van der Waals surface area contributed by atoms with E-state index in [1.807, 2.05) is 49.4 Å². The molecule has 1 amide bonds. The lowest BCUT2D eigenvalue weighted by Gasteiger charge is -2.47. The van der Waals surface area contributed by atoms with Crippen LogP contribution in [0.25, 0.3) is 0 Å². The molecule has 32 heavy (non-hydrogen) atoms. The van der Waals surface area contributed by atoms with Gasteiger partial charge in [0.25, 0.3) is 0 Å². The normalized spacial score (nSPS) is 18.2. The van der Waals surface area contributed by atoms with E-state index < -0.39 is 5.54 Å². The summed E-state index contributed by atoms with van der Waals surface area (Å²) in [4.78, 5) is 15.3. The first-order valence-corrected chi connectivity index (χ1v) is 11.7. The number of benzene rings is 2. The Kier molecular flexibility index (Phi) is 6.40. The molecule has 5 nitrogen and oxygen atoms in total. The zero-order valence-electron chi connectivity index (χ0n) is 19.0. The molecule has 168 valence electrons. The molecule has 0 saturated heterocycles. The Morgan fingerprint density at radius 1 is 1.19 bits per heavy atom.